The van der Waals surface area contributed by atoms with Crippen molar-refractivity contribution in [1.82, 2.24) is 24.1 Å². The van der Waals surface area contributed by atoms with Crippen molar-refractivity contribution in [2.75, 3.05) is 11.5 Å². The summed E-state index contributed by atoms with van der Waals surface area (Å²) < 4.78 is 8.14. The molecular formula is C20H18N10O6. The maximum absolute atomic E-state index is 10.4. The van der Waals surface area contributed by atoms with Gasteiger partial charge in [-0.25, -0.2) is 9.97 Å². The standard InChI is InChI=1S/C7H7N5.C7H5N3O3.C6H6N2O3/c8-7(11-3-1-9-5-11)12-4-2-10-6-12;8-7-9-5-3-4(10(11)12)1-2-6(5)13-7;7-5-3-4(8(10)11)1-2-6(5)9/h1-6,8H;1-3H,(H2,8,9);1-3,9H,7H2. The number of phenolic OH excluding ortho intramolecular Hbond substituents is 1. The lowest BCUT2D eigenvalue weighted by molar-refractivity contribution is -0.384. The van der Waals surface area contributed by atoms with E-state index in [1.165, 1.54) is 30.3 Å². The van der Waals surface area contributed by atoms with Gasteiger partial charge in [-0.3, -0.25) is 34.8 Å². The number of nitrogen functional groups attached to an aromatic ring is 2. The van der Waals surface area contributed by atoms with Gasteiger partial charge in [0.1, 0.15) is 23.9 Å². The number of hydrogen-bond acceptors (Lipinski definition) is 12. The lowest BCUT2D eigenvalue weighted by atomic mass is 10.2. The first-order valence-electron chi connectivity index (χ1n) is 9.74. The summed E-state index contributed by atoms with van der Waals surface area (Å²) >= 11 is 0. The number of oxazole rings is 1. The second-order valence-corrected chi connectivity index (χ2v) is 6.72. The van der Waals surface area contributed by atoms with E-state index in [2.05, 4.69) is 15.0 Å². The molecular weight excluding hydrogens is 476 g/mol. The number of nitrogens with one attached hydrogen (secondary N) is 1. The van der Waals surface area contributed by atoms with Crippen molar-refractivity contribution in [3.8, 4) is 5.75 Å². The molecule has 16 nitrogen and oxygen atoms in total. The van der Waals surface area contributed by atoms with E-state index in [4.69, 9.17) is 26.4 Å². The van der Waals surface area contributed by atoms with Crippen LogP contribution in [-0.4, -0.2) is 45.0 Å². The van der Waals surface area contributed by atoms with E-state index in [0.717, 1.165) is 6.07 Å². The molecule has 6 N–H and O–H groups in total. The molecule has 5 rings (SSSR count). The zero-order chi connectivity index (χ0) is 26.2. The first kappa shape index (κ1) is 24.8. The van der Waals surface area contributed by atoms with Crippen LogP contribution in [-0.2, 0) is 0 Å². The Bertz CT molecular complexity index is 1460. The predicted molar refractivity (Wildman–Crippen MR) is 127 cm³/mol. The van der Waals surface area contributed by atoms with Crippen LogP contribution in [0.4, 0.5) is 23.1 Å². The van der Waals surface area contributed by atoms with E-state index in [1.54, 1.807) is 46.6 Å². The number of aromatic hydroxyl groups is 1. The molecule has 3 aromatic heterocycles. The van der Waals surface area contributed by atoms with Gasteiger partial charge in [-0.2, -0.15) is 4.98 Å². The lowest BCUT2D eigenvalue weighted by Crippen LogP contribution is -2.16. The van der Waals surface area contributed by atoms with Crippen LogP contribution in [0.1, 0.15) is 0 Å². The zero-order valence-electron chi connectivity index (χ0n) is 18.2. The fourth-order valence-electron chi connectivity index (χ4n) is 2.60. The minimum absolute atomic E-state index is 0.00972. The van der Waals surface area contributed by atoms with E-state index in [-0.39, 0.29) is 28.8 Å². The third kappa shape index (κ3) is 6.16. The van der Waals surface area contributed by atoms with Crippen LogP contribution in [0.25, 0.3) is 11.1 Å². The molecule has 0 unspecified atom stereocenters. The van der Waals surface area contributed by atoms with Gasteiger partial charge < -0.3 is 21.0 Å². The van der Waals surface area contributed by atoms with Crippen LogP contribution in [0.5, 0.6) is 5.75 Å². The van der Waals surface area contributed by atoms with E-state index >= 15 is 0 Å². The fraction of sp³-hybridized carbons (Fsp3) is 0. The number of nitrogens with zero attached hydrogens (tertiary/aromatic N) is 7. The third-order valence-electron chi connectivity index (χ3n) is 4.32. The molecule has 16 heteroatoms. The van der Waals surface area contributed by atoms with Crippen molar-refractivity contribution in [2.45, 2.75) is 0 Å². The number of phenols is 1. The number of aromatic nitrogens is 5. The molecule has 184 valence electrons. The molecule has 3 heterocycles. The number of imidazole rings is 2. The smallest absolute Gasteiger partial charge is 0.292 e. The van der Waals surface area contributed by atoms with E-state index in [1.807, 2.05) is 0 Å². The number of fused-ring (bicyclic) bond motifs is 1. The molecule has 0 saturated heterocycles. The first-order valence-corrected chi connectivity index (χ1v) is 9.74. The lowest BCUT2D eigenvalue weighted by Gasteiger charge is -2.02. The molecule has 0 atom stereocenters. The highest BCUT2D eigenvalue weighted by molar-refractivity contribution is 5.81. The maximum atomic E-state index is 10.4. The van der Waals surface area contributed by atoms with Crippen molar-refractivity contribution >= 4 is 40.1 Å². The second kappa shape index (κ2) is 10.9. The Morgan fingerprint density at radius 1 is 0.944 bits per heavy atom. The van der Waals surface area contributed by atoms with Crippen molar-refractivity contribution in [2.24, 2.45) is 0 Å². The monoisotopic (exact) mass is 494 g/mol. The number of nitro groups is 2. The normalized spacial score (nSPS) is 10.0. The summed E-state index contributed by atoms with van der Waals surface area (Å²) in [6, 6.07) is 7.61. The summed E-state index contributed by atoms with van der Waals surface area (Å²) in [7, 11) is 0. The minimum Gasteiger partial charge on any atom is -0.506 e. The van der Waals surface area contributed by atoms with E-state index in [0.29, 0.717) is 17.1 Å². The summed E-state index contributed by atoms with van der Waals surface area (Å²) in [6.45, 7) is 0. The number of non-ortho nitro benzene ring substituents is 2. The van der Waals surface area contributed by atoms with Gasteiger partial charge in [-0.05, 0) is 12.1 Å². The number of rotatable bonds is 2. The molecule has 0 aliphatic rings. The number of nitro benzene ring substituents is 2. The summed E-state index contributed by atoms with van der Waals surface area (Å²) in [5, 5.41) is 37.0. The van der Waals surface area contributed by atoms with Gasteiger partial charge >= 0.3 is 0 Å². The SMILES string of the molecule is N=C(n1ccnc1)n1ccnc1.Nc1cc([N+](=O)[O-])ccc1O.Nc1nc2cc([N+](=O)[O-])ccc2o1. The maximum Gasteiger partial charge on any atom is 0.292 e. The van der Waals surface area contributed by atoms with Crippen LogP contribution in [0.15, 0.2) is 78.3 Å². The van der Waals surface area contributed by atoms with Crippen LogP contribution in [0, 0.1) is 25.6 Å². The Balaban J connectivity index is 0.000000151. The van der Waals surface area contributed by atoms with Gasteiger partial charge in [0, 0.05) is 49.1 Å². The van der Waals surface area contributed by atoms with Crippen LogP contribution in [0.3, 0.4) is 0 Å². The Morgan fingerprint density at radius 3 is 2.00 bits per heavy atom. The molecule has 0 saturated carbocycles. The van der Waals surface area contributed by atoms with E-state index < -0.39 is 9.85 Å². The molecule has 2 aromatic carbocycles. The predicted octanol–water partition coefficient (Wildman–Crippen LogP) is 2.61. The largest absolute Gasteiger partial charge is 0.506 e. The highest BCUT2D eigenvalue weighted by atomic mass is 16.6. The van der Waals surface area contributed by atoms with E-state index in [9.17, 15) is 20.2 Å². The Labute approximate surface area is 200 Å². The molecule has 0 aliphatic carbocycles. The first-order chi connectivity index (χ1) is 17.2. The second-order valence-electron chi connectivity index (χ2n) is 6.72. The van der Waals surface area contributed by atoms with Crippen molar-refractivity contribution in [3.05, 3.63) is 94.1 Å². The van der Waals surface area contributed by atoms with Gasteiger partial charge in [0.25, 0.3) is 17.4 Å². The molecule has 0 bridgehead atoms. The van der Waals surface area contributed by atoms with Crippen LogP contribution in [0.2, 0.25) is 0 Å². The molecule has 36 heavy (non-hydrogen) atoms. The molecule has 0 radical (unpaired) electrons. The van der Waals surface area contributed by atoms with Crippen LogP contribution < -0.4 is 11.5 Å². The fourth-order valence-corrected chi connectivity index (χ4v) is 2.60. The number of hydrogen-bond donors (Lipinski definition) is 4. The Morgan fingerprint density at radius 2 is 1.50 bits per heavy atom. The average Bonchev–Trinajstić information content (AvgIpc) is 3.62. The minimum atomic E-state index is -0.574. The number of benzene rings is 2. The number of anilines is 2. The number of nitrogens with two attached hydrogens (primary N) is 2. The highest BCUT2D eigenvalue weighted by Gasteiger charge is 2.09. The molecule has 0 spiro atoms. The van der Waals surface area contributed by atoms with Crippen molar-refractivity contribution in [1.29, 1.82) is 5.41 Å². The highest BCUT2D eigenvalue weighted by Crippen LogP contribution is 2.24. The summed E-state index contributed by atoms with van der Waals surface area (Å²) in [6.07, 6.45) is 9.83. The third-order valence-corrected chi connectivity index (χ3v) is 4.32. The Kier molecular flexibility index (Phi) is 7.51. The molecule has 0 aliphatic heterocycles. The Hall–Kier alpha value is -5.80. The van der Waals surface area contributed by atoms with Crippen molar-refractivity contribution < 1.29 is 19.4 Å². The summed E-state index contributed by atoms with van der Waals surface area (Å²) in [5.74, 6) is 0.167. The topological polar surface area (TPSA) is 244 Å². The molecule has 0 fully saturated rings. The van der Waals surface area contributed by atoms with Gasteiger partial charge in [-0.1, -0.05) is 0 Å². The summed E-state index contributed by atoms with van der Waals surface area (Å²) in [5.41, 5.74) is 11.2. The van der Waals surface area contributed by atoms with Gasteiger partial charge in [0.05, 0.1) is 15.5 Å². The van der Waals surface area contributed by atoms with Crippen LogP contribution >= 0.6 is 0 Å². The van der Waals surface area contributed by atoms with Gasteiger partial charge in [0.15, 0.2) is 5.58 Å². The average molecular weight is 494 g/mol. The van der Waals surface area contributed by atoms with Crippen molar-refractivity contribution in [3.63, 3.8) is 0 Å². The van der Waals surface area contributed by atoms with Gasteiger partial charge in [-0.15, -0.1) is 0 Å². The molecule has 0 amide bonds. The zero-order valence-corrected chi connectivity index (χ0v) is 18.2. The van der Waals surface area contributed by atoms with Gasteiger partial charge in [0.2, 0.25) is 5.96 Å². The summed E-state index contributed by atoms with van der Waals surface area (Å²) in [4.78, 5) is 30.9. The molecule has 5 aromatic rings. The quantitative estimate of drug-likeness (QED) is 0.0693.